The van der Waals surface area contributed by atoms with Gasteiger partial charge in [-0.1, -0.05) is 38.2 Å². The Labute approximate surface area is 182 Å². The third-order valence-electron chi connectivity index (χ3n) is 6.30. The number of carbonyl (C=O) groups excluding carboxylic acids is 1. The summed E-state index contributed by atoms with van der Waals surface area (Å²) in [5.74, 6) is 0.321. The lowest BCUT2D eigenvalue weighted by Crippen LogP contribution is -2.36. The minimum absolute atomic E-state index is 0.161. The number of rotatable bonds is 3. The summed E-state index contributed by atoms with van der Waals surface area (Å²) in [5.41, 5.74) is 2.08. The lowest BCUT2D eigenvalue weighted by molar-refractivity contribution is 0.0825. The van der Waals surface area contributed by atoms with Gasteiger partial charge in [0.1, 0.15) is 16.8 Å². The highest BCUT2D eigenvalue weighted by molar-refractivity contribution is 5.96. The van der Waals surface area contributed by atoms with Crippen LogP contribution in [0.3, 0.4) is 0 Å². The summed E-state index contributed by atoms with van der Waals surface area (Å²) < 4.78 is 3.56. The SMILES string of the molecule is CN=c1c(C(=O)N(C)C)cc2c(=O)n3ccccc3nc2n1CC1CCCCCCC1. The Kier molecular flexibility index (Phi) is 6.20. The highest BCUT2D eigenvalue weighted by Gasteiger charge is 2.21. The van der Waals surface area contributed by atoms with Crippen molar-refractivity contribution in [3.05, 3.63) is 51.9 Å². The average Bonchev–Trinajstić information content (AvgIpc) is 2.75. The third-order valence-corrected chi connectivity index (χ3v) is 6.30. The Morgan fingerprint density at radius 3 is 2.55 bits per heavy atom. The number of nitrogens with zero attached hydrogens (tertiary/aromatic N) is 5. The van der Waals surface area contributed by atoms with Gasteiger partial charge in [-0.05, 0) is 37.0 Å². The molecular formula is C24H31N5O2. The molecule has 7 heteroatoms. The van der Waals surface area contributed by atoms with Gasteiger partial charge in [0, 0.05) is 33.9 Å². The van der Waals surface area contributed by atoms with Gasteiger partial charge < -0.3 is 9.47 Å². The van der Waals surface area contributed by atoms with E-state index in [9.17, 15) is 9.59 Å². The van der Waals surface area contributed by atoms with Crippen LogP contribution in [-0.4, -0.2) is 45.9 Å². The van der Waals surface area contributed by atoms with Crippen LogP contribution in [0.4, 0.5) is 0 Å². The molecule has 164 valence electrons. The van der Waals surface area contributed by atoms with Crippen molar-refractivity contribution in [3.63, 3.8) is 0 Å². The minimum Gasteiger partial charge on any atom is -0.345 e. The van der Waals surface area contributed by atoms with E-state index in [-0.39, 0.29) is 11.5 Å². The van der Waals surface area contributed by atoms with Crippen LogP contribution in [0.2, 0.25) is 0 Å². The van der Waals surface area contributed by atoms with Gasteiger partial charge >= 0.3 is 0 Å². The van der Waals surface area contributed by atoms with Crippen molar-refractivity contribution in [2.45, 2.75) is 51.5 Å². The first-order chi connectivity index (χ1) is 15.0. The summed E-state index contributed by atoms with van der Waals surface area (Å²) in [7, 11) is 5.14. The van der Waals surface area contributed by atoms with Gasteiger partial charge in [-0.3, -0.25) is 19.0 Å². The van der Waals surface area contributed by atoms with E-state index >= 15 is 0 Å². The molecule has 4 rings (SSSR count). The summed E-state index contributed by atoms with van der Waals surface area (Å²) in [4.78, 5) is 37.2. The average molecular weight is 422 g/mol. The van der Waals surface area contributed by atoms with Crippen LogP contribution in [0.15, 0.2) is 40.2 Å². The van der Waals surface area contributed by atoms with Gasteiger partial charge in [0.05, 0.1) is 10.9 Å². The van der Waals surface area contributed by atoms with Crippen molar-refractivity contribution in [1.29, 1.82) is 0 Å². The molecule has 1 fully saturated rings. The summed E-state index contributed by atoms with van der Waals surface area (Å²) in [6.07, 6.45) is 10.3. The molecule has 0 spiro atoms. The highest BCUT2D eigenvalue weighted by Crippen LogP contribution is 2.24. The number of aromatic nitrogens is 3. The molecule has 3 aromatic rings. The molecule has 1 amide bonds. The lowest BCUT2D eigenvalue weighted by atomic mass is 9.91. The molecule has 31 heavy (non-hydrogen) atoms. The van der Waals surface area contributed by atoms with E-state index in [0.717, 1.165) is 12.8 Å². The summed E-state index contributed by atoms with van der Waals surface area (Å²) in [6.45, 7) is 0.715. The second kappa shape index (κ2) is 9.04. The molecule has 7 nitrogen and oxygen atoms in total. The Morgan fingerprint density at radius 1 is 1.16 bits per heavy atom. The maximum atomic E-state index is 13.3. The largest absolute Gasteiger partial charge is 0.345 e. The van der Waals surface area contributed by atoms with Crippen molar-refractivity contribution in [3.8, 4) is 0 Å². The van der Waals surface area contributed by atoms with E-state index < -0.39 is 0 Å². The first-order valence-corrected chi connectivity index (χ1v) is 11.2. The van der Waals surface area contributed by atoms with Crippen molar-refractivity contribution < 1.29 is 4.79 Å². The molecule has 0 atom stereocenters. The minimum atomic E-state index is -0.164. The highest BCUT2D eigenvalue weighted by atomic mass is 16.2. The normalized spacial score (nSPS) is 16.4. The predicted octanol–water partition coefficient (Wildman–Crippen LogP) is 3.24. The number of hydrogen-bond acceptors (Lipinski definition) is 4. The smallest absolute Gasteiger partial charge is 0.267 e. The van der Waals surface area contributed by atoms with E-state index in [2.05, 4.69) is 4.99 Å². The van der Waals surface area contributed by atoms with Gasteiger partial charge in [-0.25, -0.2) is 4.98 Å². The molecule has 0 aromatic carbocycles. The maximum absolute atomic E-state index is 13.3. The van der Waals surface area contributed by atoms with Gasteiger partial charge in [-0.15, -0.1) is 0 Å². The second-order valence-corrected chi connectivity index (χ2v) is 8.71. The van der Waals surface area contributed by atoms with E-state index in [1.54, 1.807) is 33.4 Å². The zero-order chi connectivity index (χ0) is 22.0. The zero-order valence-electron chi connectivity index (χ0n) is 18.7. The molecule has 0 unspecified atom stereocenters. The van der Waals surface area contributed by atoms with Crippen LogP contribution in [0.5, 0.6) is 0 Å². The van der Waals surface area contributed by atoms with Crippen molar-refractivity contribution in [1.82, 2.24) is 18.9 Å². The molecule has 0 aliphatic heterocycles. The monoisotopic (exact) mass is 421 g/mol. The lowest BCUT2D eigenvalue weighted by Gasteiger charge is -2.23. The fourth-order valence-corrected chi connectivity index (χ4v) is 4.67. The Bertz CT molecular complexity index is 1230. The van der Waals surface area contributed by atoms with Gasteiger partial charge in [-0.2, -0.15) is 0 Å². The molecule has 3 aromatic heterocycles. The van der Waals surface area contributed by atoms with Crippen molar-refractivity contribution >= 4 is 22.6 Å². The molecule has 3 heterocycles. The molecule has 1 aliphatic carbocycles. The molecule has 0 saturated heterocycles. The van der Waals surface area contributed by atoms with Gasteiger partial charge in [0.15, 0.2) is 0 Å². The van der Waals surface area contributed by atoms with Gasteiger partial charge in [0.25, 0.3) is 11.5 Å². The van der Waals surface area contributed by atoms with Crippen LogP contribution in [0.25, 0.3) is 16.7 Å². The molecule has 1 saturated carbocycles. The molecule has 0 N–H and O–H groups in total. The molecule has 0 bridgehead atoms. The zero-order valence-corrected chi connectivity index (χ0v) is 18.7. The van der Waals surface area contributed by atoms with E-state index in [4.69, 9.17) is 4.98 Å². The van der Waals surface area contributed by atoms with E-state index in [0.29, 0.717) is 40.2 Å². The summed E-state index contributed by atoms with van der Waals surface area (Å²) in [5, 5.41) is 0.451. The van der Waals surface area contributed by atoms with Crippen molar-refractivity contribution in [2.75, 3.05) is 21.1 Å². The maximum Gasteiger partial charge on any atom is 0.267 e. The summed E-state index contributed by atoms with van der Waals surface area (Å²) in [6, 6.07) is 7.19. The van der Waals surface area contributed by atoms with Crippen LogP contribution < -0.4 is 11.0 Å². The predicted molar refractivity (Wildman–Crippen MR) is 122 cm³/mol. The first-order valence-electron chi connectivity index (χ1n) is 11.2. The van der Waals surface area contributed by atoms with Crippen LogP contribution in [0, 0.1) is 5.92 Å². The summed E-state index contributed by atoms with van der Waals surface area (Å²) >= 11 is 0. The van der Waals surface area contributed by atoms with Crippen LogP contribution in [-0.2, 0) is 6.54 Å². The fourth-order valence-electron chi connectivity index (χ4n) is 4.67. The number of pyridine rings is 2. The second-order valence-electron chi connectivity index (χ2n) is 8.71. The molecular weight excluding hydrogens is 390 g/mol. The first kappa shape index (κ1) is 21.3. The van der Waals surface area contributed by atoms with Crippen LogP contribution in [0.1, 0.15) is 55.3 Å². The number of amides is 1. The quantitative estimate of drug-likeness (QED) is 0.610. The van der Waals surface area contributed by atoms with E-state index in [1.165, 1.54) is 41.4 Å². The van der Waals surface area contributed by atoms with Crippen LogP contribution >= 0.6 is 0 Å². The van der Waals surface area contributed by atoms with Crippen molar-refractivity contribution in [2.24, 2.45) is 10.9 Å². The topological polar surface area (TPSA) is 72.0 Å². The van der Waals surface area contributed by atoms with Gasteiger partial charge in [0.2, 0.25) is 0 Å². The Balaban J connectivity index is 2.00. The standard InChI is InChI=1S/C24H31N5O2/c1-25-21-18(23(30)27(2)3)15-19-22(26-20-13-9-10-14-28(20)24(19)31)29(21)16-17-11-7-5-4-6-8-12-17/h9-10,13-15,17H,4-8,11-12,16H2,1-3H3. The Hall–Kier alpha value is -2.96. The Morgan fingerprint density at radius 2 is 1.87 bits per heavy atom. The third kappa shape index (κ3) is 4.13. The molecule has 0 radical (unpaired) electrons. The number of hydrogen-bond donors (Lipinski definition) is 0. The number of fused-ring (bicyclic) bond motifs is 2. The fraction of sp³-hybridized carbons (Fsp3) is 0.500. The number of carbonyl (C=O) groups is 1. The molecule has 1 aliphatic rings. The van der Waals surface area contributed by atoms with E-state index in [1.807, 2.05) is 22.8 Å².